The van der Waals surface area contributed by atoms with Gasteiger partial charge < -0.3 is 5.11 Å². The highest BCUT2D eigenvalue weighted by molar-refractivity contribution is 4.89. The summed E-state index contributed by atoms with van der Waals surface area (Å²) >= 11 is 0. The Hall–Kier alpha value is -0.0400. The van der Waals surface area contributed by atoms with Crippen LogP contribution in [0.1, 0.15) is 45.4 Å². The number of hydrogen-bond acceptors (Lipinski definition) is 1. The van der Waals surface area contributed by atoms with E-state index in [0.717, 1.165) is 18.3 Å². The van der Waals surface area contributed by atoms with Crippen molar-refractivity contribution in [2.75, 3.05) is 0 Å². The second kappa shape index (κ2) is 3.37. The van der Waals surface area contributed by atoms with Gasteiger partial charge in [-0.3, -0.25) is 0 Å². The molecule has 0 spiro atoms. The number of hydrogen-bond donors (Lipinski definition) is 1. The summed E-state index contributed by atoms with van der Waals surface area (Å²) < 4.78 is 0. The molecule has 0 aromatic heterocycles. The fraction of sp³-hybridized carbons (Fsp3) is 1.00. The van der Waals surface area contributed by atoms with Crippen LogP contribution in [0.25, 0.3) is 0 Å². The number of aliphatic hydroxyl groups is 1. The molecule has 2 saturated carbocycles. The van der Waals surface area contributed by atoms with Crippen molar-refractivity contribution in [1.29, 1.82) is 0 Å². The fourth-order valence-electron chi connectivity index (χ4n) is 3.26. The van der Waals surface area contributed by atoms with Crippen molar-refractivity contribution in [3.8, 4) is 0 Å². The molecule has 2 fully saturated rings. The van der Waals surface area contributed by atoms with Crippen LogP contribution in [0.4, 0.5) is 0 Å². The molecule has 0 amide bonds. The summed E-state index contributed by atoms with van der Waals surface area (Å²) in [6.45, 7) is 2.10. The highest BCUT2D eigenvalue weighted by Crippen LogP contribution is 2.47. The topological polar surface area (TPSA) is 20.2 Å². The minimum atomic E-state index is -0.00407. The summed E-state index contributed by atoms with van der Waals surface area (Å²) in [5.41, 5.74) is 0. The lowest BCUT2D eigenvalue weighted by molar-refractivity contribution is 0.102. The Kier molecular flexibility index (Phi) is 2.40. The highest BCUT2D eigenvalue weighted by Gasteiger charge is 2.39. The summed E-state index contributed by atoms with van der Waals surface area (Å²) in [5, 5.41) is 9.71. The molecule has 1 N–H and O–H groups in total. The second-order valence-electron chi connectivity index (χ2n) is 4.66. The summed E-state index contributed by atoms with van der Waals surface area (Å²) in [6.07, 6.45) is 7.92. The van der Waals surface area contributed by atoms with Crippen LogP contribution in [-0.4, -0.2) is 11.2 Å². The molecule has 2 aliphatic carbocycles. The molecule has 0 aromatic rings. The van der Waals surface area contributed by atoms with E-state index in [0.29, 0.717) is 5.92 Å². The summed E-state index contributed by atoms with van der Waals surface area (Å²) in [7, 11) is 0. The third-order valence-electron chi connectivity index (χ3n) is 3.99. The van der Waals surface area contributed by atoms with E-state index in [9.17, 15) is 5.11 Å². The third kappa shape index (κ3) is 1.39. The molecule has 1 unspecified atom stereocenters. The molecule has 0 heterocycles. The van der Waals surface area contributed by atoms with Crippen molar-refractivity contribution in [2.24, 2.45) is 17.8 Å². The minimum Gasteiger partial charge on any atom is -0.393 e. The Morgan fingerprint density at radius 2 is 1.83 bits per heavy atom. The molecule has 2 aliphatic rings. The van der Waals surface area contributed by atoms with Crippen LogP contribution in [0, 0.1) is 17.8 Å². The lowest BCUT2D eigenvalue weighted by Crippen LogP contribution is -2.16. The van der Waals surface area contributed by atoms with Crippen molar-refractivity contribution >= 4 is 0 Å². The third-order valence-corrected chi connectivity index (χ3v) is 3.99. The maximum absolute atomic E-state index is 9.71. The van der Waals surface area contributed by atoms with Crippen molar-refractivity contribution in [2.45, 2.75) is 51.6 Å². The van der Waals surface area contributed by atoms with E-state index in [1.165, 1.54) is 32.1 Å². The van der Waals surface area contributed by atoms with E-state index < -0.39 is 0 Å². The van der Waals surface area contributed by atoms with E-state index >= 15 is 0 Å². The van der Waals surface area contributed by atoms with Crippen molar-refractivity contribution in [1.82, 2.24) is 0 Å². The molecule has 2 rings (SSSR count). The molecule has 70 valence electrons. The van der Waals surface area contributed by atoms with Gasteiger partial charge in [-0.1, -0.05) is 26.2 Å². The van der Waals surface area contributed by atoms with Crippen LogP contribution in [0.3, 0.4) is 0 Å². The maximum atomic E-state index is 9.71. The molecule has 0 aliphatic heterocycles. The molecule has 0 aromatic carbocycles. The molecule has 0 radical (unpaired) electrons. The molecule has 1 nitrogen and oxygen atoms in total. The Balaban J connectivity index is 1.90. The Bertz CT molecular complexity index is 143. The Morgan fingerprint density at radius 1 is 1.25 bits per heavy atom. The van der Waals surface area contributed by atoms with Gasteiger partial charge in [0.15, 0.2) is 0 Å². The van der Waals surface area contributed by atoms with Crippen LogP contribution in [-0.2, 0) is 0 Å². The van der Waals surface area contributed by atoms with Gasteiger partial charge in [-0.05, 0) is 37.0 Å². The van der Waals surface area contributed by atoms with Gasteiger partial charge in [-0.2, -0.15) is 0 Å². The van der Waals surface area contributed by atoms with Gasteiger partial charge in [0.2, 0.25) is 0 Å². The first kappa shape index (κ1) is 8.55. The molecule has 4 atom stereocenters. The van der Waals surface area contributed by atoms with Gasteiger partial charge in [0.05, 0.1) is 6.10 Å². The fourth-order valence-corrected chi connectivity index (χ4v) is 3.26. The first-order valence-corrected chi connectivity index (χ1v) is 5.49. The highest BCUT2D eigenvalue weighted by atomic mass is 16.3. The molecule has 0 bridgehead atoms. The van der Waals surface area contributed by atoms with Gasteiger partial charge in [0, 0.05) is 0 Å². The van der Waals surface area contributed by atoms with Gasteiger partial charge in [-0.15, -0.1) is 0 Å². The van der Waals surface area contributed by atoms with E-state index in [1.807, 2.05) is 0 Å². The second-order valence-corrected chi connectivity index (χ2v) is 4.66. The predicted molar refractivity (Wildman–Crippen MR) is 49.9 cm³/mol. The standard InChI is InChI=1S/C11H20O/c1-2-11(12)10-6-8-4-3-5-9(8)7-10/h8-12H,2-7H2,1H3/t8-,9+,10?,11-/m0/s1. The molecule has 0 saturated heterocycles. The van der Waals surface area contributed by atoms with Gasteiger partial charge >= 0.3 is 0 Å². The molecule has 1 heteroatoms. The summed E-state index contributed by atoms with van der Waals surface area (Å²) in [6, 6.07) is 0. The molecular weight excluding hydrogens is 148 g/mol. The predicted octanol–water partition coefficient (Wildman–Crippen LogP) is 2.58. The van der Waals surface area contributed by atoms with Gasteiger partial charge in [0.25, 0.3) is 0 Å². The van der Waals surface area contributed by atoms with Crippen LogP contribution in [0.15, 0.2) is 0 Å². The SMILES string of the molecule is CC[C@H](O)C1C[C@H]2CCC[C@H]2C1. The average Bonchev–Trinajstić information content (AvgIpc) is 2.60. The number of aliphatic hydroxyl groups excluding tert-OH is 1. The number of fused-ring (bicyclic) bond motifs is 1. The van der Waals surface area contributed by atoms with Gasteiger partial charge in [0.1, 0.15) is 0 Å². The summed E-state index contributed by atoms with van der Waals surface area (Å²) in [5.74, 6) is 2.61. The number of rotatable bonds is 2. The molecule has 12 heavy (non-hydrogen) atoms. The Labute approximate surface area is 75.2 Å². The zero-order valence-electron chi connectivity index (χ0n) is 8.00. The normalized spacial score (nSPS) is 43.0. The largest absolute Gasteiger partial charge is 0.393 e. The van der Waals surface area contributed by atoms with Crippen molar-refractivity contribution in [3.63, 3.8) is 0 Å². The van der Waals surface area contributed by atoms with Crippen LogP contribution < -0.4 is 0 Å². The van der Waals surface area contributed by atoms with E-state index in [4.69, 9.17) is 0 Å². The first-order chi connectivity index (χ1) is 5.81. The van der Waals surface area contributed by atoms with E-state index in [2.05, 4.69) is 6.92 Å². The quantitative estimate of drug-likeness (QED) is 0.672. The minimum absolute atomic E-state index is 0.00407. The zero-order chi connectivity index (χ0) is 8.55. The summed E-state index contributed by atoms with van der Waals surface area (Å²) in [4.78, 5) is 0. The maximum Gasteiger partial charge on any atom is 0.0566 e. The zero-order valence-corrected chi connectivity index (χ0v) is 8.00. The first-order valence-electron chi connectivity index (χ1n) is 5.49. The van der Waals surface area contributed by atoms with Crippen molar-refractivity contribution < 1.29 is 5.11 Å². The average molecular weight is 168 g/mol. The monoisotopic (exact) mass is 168 g/mol. The lowest BCUT2D eigenvalue weighted by Gasteiger charge is -2.16. The van der Waals surface area contributed by atoms with Crippen LogP contribution in [0.5, 0.6) is 0 Å². The smallest absolute Gasteiger partial charge is 0.0566 e. The van der Waals surface area contributed by atoms with E-state index in [-0.39, 0.29) is 6.10 Å². The van der Waals surface area contributed by atoms with E-state index in [1.54, 1.807) is 0 Å². The Morgan fingerprint density at radius 3 is 2.33 bits per heavy atom. The molecular formula is C11H20O. The van der Waals surface area contributed by atoms with Crippen LogP contribution in [0.2, 0.25) is 0 Å². The van der Waals surface area contributed by atoms with Gasteiger partial charge in [-0.25, -0.2) is 0 Å². The van der Waals surface area contributed by atoms with Crippen LogP contribution >= 0.6 is 0 Å². The lowest BCUT2D eigenvalue weighted by atomic mass is 9.96. The van der Waals surface area contributed by atoms with Crippen molar-refractivity contribution in [3.05, 3.63) is 0 Å².